The molecule has 0 unspecified atom stereocenters. The van der Waals surface area contributed by atoms with E-state index in [1.807, 2.05) is 0 Å². The SMILES string of the molecule is O=S(=O)(O)OC=Cc1ccc(O)c(O)c1. The Bertz CT molecular complexity index is 476. The van der Waals surface area contributed by atoms with E-state index in [0.717, 1.165) is 6.26 Å². The number of phenols is 2. The van der Waals surface area contributed by atoms with E-state index in [-0.39, 0.29) is 11.5 Å². The maximum absolute atomic E-state index is 10.1. The first-order chi connectivity index (χ1) is 6.88. The van der Waals surface area contributed by atoms with E-state index in [2.05, 4.69) is 4.18 Å². The highest BCUT2D eigenvalue weighted by atomic mass is 32.3. The van der Waals surface area contributed by atoms with Crippen LogP contribution in [0.4, 0.5) is 0 Å². The average Bonchev–Trinajstić information content (AvgIpc) is 2.09. The molecular weight excluding hydrogens is 224 g/mol. The third-order valence-corrected chi connectivity index (χ3v) is 1.79. The molecule has 0 amide bonds. The average molecular weight is 232 g/mol. The van der Waals surface area contributed by atoms with Gasteiger partial charge in [0.15, 0.2) is 11.5 Å². The van der Waals surface area contributed by atoms with Gasteiger partial charge in [-0.15, -0.1) is 0 Å². The van der Waals surface area contributed by atoms with E-state index in [4.69, 9.17) is 14.8 Å². The summed E-state index contributed by atoms with van der Waals surface area (Å²) in [6.45, 7) is 0. The molecule has 0 aliphatic rings. The van der Waals surface area contributed by atoms with Gasteiger partial charge in [0, 0.05) is 0 Å². The summed E-state index contributed by atoms with van der Waals surface area (Å²) in [5.41, 5.74) is 0.397. The molecule has 1 aromatic carbocycles. The number of rotatable bonds is 3. The molecule has 0 aromatic heterocycles. The molecule has 0 fully saturated rings. The van der Waals surface area contributed by atoms with Gasteiger partial charge < -0.3 is 14.4 Å². The van der Waals surface area contributed by atoms with Crippen LogP contribution in [0, 0.1) is 0 Å². The Balaban J connectivity index is 2.78. The second kappa shape index (κ2) is 4.20. The second-order valence-electron chi connectivity index (χ2n) is 2.57. The van der Waals surface area contributed by atoms with Crippen molar-refractivity contribution < 1.29 is 27.4 Å². The molecule has 7 heteroatoms. The molecule has 0 radical (unpaired) electrons. The van der Waals surface area contributed by atoms with Crippen molar-refractivity contribution in [3.63, 3.8) is 0 Å². The van der Waals surface area contributed by atoms with Gasteiger partial charge in [0.25, 0.3) is 0 Å². The van der Waals surface area contributed by atoms with Gasteiger partial charge in [0.05, 0.1) is 0 Å². The summed E-state index contributed by atoms with van der Waals surface area (Å²) < 4.78 is 32.4. The Labute approximate surface area is 86.0 Å². The van der Waals surface area contributed by atoms with Crippen LogP contribution in [0.3, 0.4) is 0 Å². The van der Waals surface area contributed by atoms with Gasteiger partial charge in [-0.1, -0.05) is 6.07 Å². The van der Waals surface area contributed by atoms with Gasteiger partial charge in [-0.3, -0.25) is 4.55 Å². The summed E-state index contributed by atoms with van der Waals surface area (Å²) in [6.07, 6.45) is 1.92. The van der Waals surface area contributed by atoms with Crippen molar-refractivity contribution in [3.05, 3.63) is 30.0 Å². The summed E-state index contributed by atoms with van der Waals surface area (Å²) in [7, 11) is -4.51. The number of hydrogen-bond acceptors (Lipinski definition) is 5. The zero-order chi connectivity index (χ0) is 11.5. The zero-order valence-electron chi connectivity index (χ0n) is 7.36. The summed E-state index contributed by atoms with van der Waals surface area (Å²) in [6, 6.07) is 3.83. The van der Waals surface area contributed by atoms with Crippen molar-refractivity contribution in [2.24, 2.45) is 0 Å². The molecule has 1 aromatic rings. The topological polar surface area (TPSA) is 104 Å². The van der Waals surface area contributed by atoms with Gasteiger partial charge in [0.1, 0.15) is 6.26 Å². The normalized spacial score (nSPS) is 11.8. The molecule has 0 saturated heterocycles. The van der Waals surface area contributed by atoms with Crippen LogP contribution < -0.4 is 0 Å². The lowest BCUT2D eigenvalue weighted by atomic mass is 10.2. The lowest BCUT2D eigenvalue weighted by molar-refractivity contribution is 0.357. The fraction of sp³-hybridized carbons (Fsp3) is 0. The Morgan fingerprint density at radius 2 is 1.87 bits per heavy atom. The molecule has 1 rings (SSSR count). The van der Waals surface area contributed by atoms with Crippen molar-refractivity contribution in [2.75, 3.05) is 0 Å². The number of phenolic OH excluding ortho intramolecular Hbond substituents is 2. The third-order valence-electron chi connectivity index (χ3n) is 1.44. The molecule has 0 aliphatic carbocycles. The van der Waals surface area contributed by atoms with Crippen LogP contribution in [-0.2, 0) is 14.6 Å². The predicted molar refractivity (Wildman–Crippen MR) is 51.4 cm³/mol. The summed E-state index contributed by atoms with van der Waals surface area (Å²) in [4.78, 5) is 0. The van der Waals surface area contributed by atoms with Gasteiger partial charge in [0.2, 0.25) is 0 Å². The maximum Gasteiger partial charge on any atom is 0.445 e. The molecule has 0 bridgehead atoms. The van der Waals surface area contributed by atoms with Crippen molar-refractivity contribution in [3.8, 4) is 11.5 Å². The minimum Gasteiger partial charge on any atom is -0.504 e. The summed E-state index contributed by atoms with van der Waals surface area (Å²) in [5, 5.41) is 18.0. The van der Waals surface area contributed by atoms with Gasteiger partial charge in [-0.2, -0.15) is 8.42 Å². The fourth-order valence-corrected chi connectivity index (χ4v) is 1.02. The Morgan fingerprint density at radius 1 is 1.20 bits per heavy atom. The van der Waals surface area contributed by atoms with Crippen LogP contribution in [0.2, 0.25) is 0 Å². The van der Waals surface area contributed by atoms with Crippen molar-refractivity contribution in [1.82, 2.24) is 0 Å². The van der Waals surface area contributed by atoms with Gasteiger partial charge in [-0.25, -0.2) is 0 Å². The van der Waals surface area contributed by atoms with Crippen LogP contribution in [-0.4, -0.2) is 23.2 Å². The lowest BCUT2D eigenvalue weighted by Gasteiger charge is -1.98. The predicted octanol–water partition coefficient (Wildman–Crippen LogP) is 0.888. The molecule has 0 saturated carbocycles. The molecule has 82 valence electrons. The summed E-state index contributed by atoms with van der Waals surface area (Å²) >= 11 is 0. The molecular formula is C8H8O6S. The molecule has 0 heterocycles. The molecule has 0 atom stereocenters. The van der Waals surface area contributed by atoms with Crippen LogP contribution >= 0.6 is 0 Å². The van der Waals surface area contributed by atoms with Crippen LogP contribution in [0.15, 0.2) is 24.5 Å². The standard InChI is InChI=1S/C8H8O6S/c9-7-2-1-6(5-8(7)10)3-4-14-15(11,12)13/h1-5,9-10H,(H,11,12,13). The van der Waals surface area contributed by atoms with Crippen molar-refractivity contribution >= 4 is 16.5 Å². The van der Waals surface area contributed by atoms with E-state index < -0.39 is 10.4 Å². The highest BCUT2D eigenvalue weighted by Gasteiger charge is 2.00. The quantitative estimate of drug-likeness (QED) is 0.406. The number of hydrogen-bond donors (Lipinski definition) is 3. The Morgan fingerprint density at radius 3 is 2.40 bits per heavy atom. The highest BCUT2D eigenvalue weighted by molar-refractivity contribution is 7.81. The van der Waals surface area contributed by atoms with Crippen molar-refractivity contribution in [1.29, 1.82) is 0 Å². The minimum atomic E-state index is -4.51. The molecule has 6 nitrogen and oxygen atoms in total. The Hall–Kier alpha value is -1.73. The van der Waals surface area contributed by atoms with E-state index in [1.165, 1.54) is 24.3 Å². The third kappa shape index (κ3) is 3.88. The monoisotopic (exact) mass is 232 g/mol. The molecule has 15 heavy (non-hydrogen) atoms. The van der Waals surface area contributed by atoms with E-state index in [9.17, 15) is 8.42 Å². The number of benzene rings is 1. The lowest BCUT2D eigenvalue weighted by Crippen LogP contribution is -1.96. The molecule has 0 spiro atoms. The zero-order valence-corrected chi connectivity index (χ0v) is 8.18. The maximum atomic E-state index is 10.1. The first-order valence-corrected chi connectivity index (χ1v) is 5.09. The van der Waals surface area contributed by atoms with Crippen LogP contribution in [0.25, 0.3) is 6.08 Å². The van der Waals surface area contributed by atoms with E-state index in [1.54, 1.807) is 0 Å². The van der Waals surface area contributed by atoms with E-state index >= 15 is 0 Å². The van der Waals surface area contributed by atoms with Gasteiger partial charge >= 0.3 is 10.4 Å². The van der Waals surface area contributed by atoms with Crippen molar-refractivity contribution in [2.45, 2.75) is 0 Å². The molecule has 0 aliphatic heterocycles. The first kappa shape index (κ1) is 11.3. The van der Waals surface area contributed by atoms with E-state index in [0.29, 0.717) is 5.56 Å². The molecule has 3 N–H and O–H groups in total. The van der Waals surface area contributed by atoms with Crippen LogP contribution in [0.1, 0.15) is 5.56 Å². The second-order valence-corrected chi connectivity index (χ2v) is 3.62. The number of aromatic hydroxyl groups is 2. The largest absolute Gasteiger partial charge is 0.504 e. The Kier molecular flexibility index (Phi) is 3.17. The van der Waals surface area contributed by atoms with Gasteiger partial charge in [-0.05, 0) is 23.8 Å². The smallest absolute Gasteiger partial charge is 0.445 e. The summed E-state index contributed by atoms with van der Waals surface area (Å²) in [5.74, 6) is -0.633. The first-order valence-electron chi connectivity index (χ1n) is 3.73. The van der Waals surface area contributed by atoms with Crippen LogP contribution in [0.5, 0.6) is 11.5 Å². The highest BCUT2D eigenvalue weighted by Crippen LogP contribution is 2.25. The fourth-order valence-electron chi connectivity index (χ4n) is 0.821. The minimum absolute atomic E-state index is 0.289.